The molecule has 8 nitrogen and oxygen atoms in total. The van der Waals surface area contributed by atoms with Gasteiger partial charge in [0.1, 0.15) is 0 Å². The maximum Gasteiger partial charge on any atom is 0.299 e. The zero-order valence-electron chi connectivity index (χ0n) is 8.59. The Hall–Kier alpha value is -1.45. The van der Waals surface area contributed by atoms with E-state index >= 15 is 0 Å². The highest BCUT2D eigenvalue weighted by Gasteiger charge is 2.32. The summed E-state index contributed by atoms with van der Waals surface area (Å²) in [6.45, 7) is 1.09. The van der Waals surface area contributed by atoms with Crippen molar-refractivity contribution in [3.05, 3.63) is 36.9 Å². The number of hydrogen-bond acceptors (Lipinski definition) is 6. The molecule has 0 aliphatic carbocycles. The Morgan fingerprint density at radius 2 is 1.72 bits per heavy atom. The SMILES string of the molecule is Cc1c(S(=O)(=O)Cl)cc([N+](=O)[O-])c(Cl)c1[N+](=O)[O-]. The van der Waals surface area contributed by atoms with Crippen molar-refractivity contribution in [1.29, 1.82) is 0 Å². The van der Waals surface area contributed by atoms with Crippen molar-refractivity contribution in [3.8, 4) is 0 Å². The van der Waals surface area contributed by atoms with Crippen molar-refractivity contribution < 1.29 is 18.3 Å². The molecule has 18 heavy (non-hydrogen) atoms. The minimum atomic E-state index is -4.36. The monoisotopic (exact) mass is 314 g/mol. The molecule has 1 aromatic rings. The molecule has 1 aromatic carbocycles. The number of hydrogen-bond donors (Lipinski definition) is 0. The quantitative estimate of drug-likeness (QED) is 0.479. The molecular weight excluding hydrogens is 311 g/mol. The van der Waals surface area contributed by atoms with Gasteiger partial charge in [0.2, 0.25) is 0 Å². The lowest BCUT2D eigenvalue weighted by atomic mass is 10.2. The highest BCUT2D eigenvalue weighted by molar-refractivity contribution is 8.13. The molecule has 0 spiro atoms. The van der Waals surface area contributed by atoms with Crippen LogP contribution in [0, 0.1) is 27.2 Å². The largest absolute Gasteiger partial charge is 0.299 e. The molecular formula is C7H4Cl2N2O6S. The van der Waals surface area contributed by atoms with Crippen LogP contribution in [0.15, 0.2) is 11.0 Å². The van der Waals surface area contributed by atoms with Crippen molar-refractivity contribution in [2.45, 2.75) is 11.8 Å². The lowest BCUT2D eigenvalue weighted by Crippen LogP contribution is -2.03. The molecule has 0 fully saturated rings. The van der Waals surface area contributed by atoms with Crippen molar-refractivity contribution in [3.63, 3.8) is 0 Å². The number of benzene rings is 1. The van der Waals surface area contributed by atoms with Gasteiger partial charge in [-0.25, -0.2) is 8.42 Å². The van der Waals surface area contributed by atoms with Crippen LogP contribution < -0.4 is 0 Å². The number of nitro benzene ring substituents is 2. The summed E-state index contributed by atoms with van der Waals surface area (Å²) < 4.78 is 22.4. The van der Waals surface area contributed by atoms with Gasteiger partial charge < -0.3 is 0 Å². The van der Waals surface area contributed by atoms with Crippen LogP contribution in [-0.4, -0.2) is 18.3 Å². The predicted molar refractivity (Wildman–Crippen MR) is 62.5 cm³/mol. The summed E-state index contributed by atoms with van der Waals surface area (Å²) in [7, 11) is 0.696. The maximum absolute atomic E-state index is 11.2. The Bertz CT molecular complexity index is 656. The molecule has 0 aliphatic rings. The molecule has 0 saturated carbocycles. The minimum absolute atomic E-state index is 0.356. The van der Waals surface area contributed by atoms with Gasteiger partial charge in [-0.3, -0.25) is 20.2 Å². The van der Waals surface area contributed by atoms with Crippen molar-refractivity contribution in [1.82, 2.24) is 0 Å². The first kappa shape index (κ1) is 14.6. The molecule has 0 aliphatic heterocycles. The van der Waals surface area contributed by atoms with Crippen LogP contribution in [0.1, 0.15) is 5.56 Å². The topological polar surface area (TPSA) is 120 Å². The zero-order valence-corrected chi connectivity index (χ0v) is 10.9. The van der Waals surface area contributed by atoms with Gasteiger partial charge in [-0.2, -0.15) is 0 Å². The molecule has 0 saturated heterocycles. The maximum atomic E-state index is 11.2. The summed E-state index contributed by atoms with van der Waals surface area (Å²) in [6.07, 6.45) is 0. The second kappa shape index (κ2) is 4.67. The van der Waals surface area contributed by atoms with Crippen LogP contribution >= 0.6 is 22.3 Å². The summed E-state index contributed by atoms with van der Waals surface area (Å²) in [4.78, 5) is 18.7. The van der Waals surface area contributed by atoms with E-state index in [4.69, 9.17) is 22.3 Å². The summed E-state index contributed by atoms with van der Waals surface area (Å²) in [5, 5.41) is 20.7. The predicted octanol–water partition coefficient (Wildman–Crippen LogP) is 2.39. The molecule has 0 radical (unpaired) electrons. The van der Waals surface area contributed by atoms with Gasteiger partial charge in [-0.1, -0.05) is 11.6 Å². The Morgan fingerprint density at radius 1 is 1.22 bits per heavy atom. The van der Waals surface area contributed by atoms with E-state index in [1.165, 1.54) is 0 Å². The van der Waals surface area contributed by atoms with Gasteiger partial charge >= 0.3 is 0 Å². The second-order valence-corrected chi connectivity index (χ2v) is 6.05. The number of nitrogens with zero attached hydrogens (tertiary/aromatic N) is 2. The van der Waals surface area contributed by atoms with E-state index in [1.54, 1.807) is 0 Å². The van der Waals surface area contributed by atoms with Crippen LogP contribution in [0.3, 0.4) is 0 Å². The number of rotatable bonds is 3. The molecule has 0 aromatic heterocycles. The molecule has 98 valence electrons. The third kappa shape index (κ3) is 2.52. The van der Waals surface area contributed by atoms with Crippen LogP contribution in [-0.2, 0) is 9.05 Å². The smallest absolute Gasteiger partial charge is 0.258 e. The zero-order chi connectivity index (χ0) is 14.2. The van der Waals surface area contributed by atoms with Gasteiger partial charge in [-0.05, 0) is 6.92 Å². The van der Waals surface area contributed by atoms with E-state index < -0.39 is 40.2 Å². The van der Waals surface area contributed by atoms with E-state index in [-0.39, 0.29) is 5.56 Å². The van der Waals surface area contributed by atoms with Gasteiger partial charge in [0, 0.05) is 22.3 Å². The van der Waals surface area contributed by atoms with Gasteiger partial charge in [0.05, 0.1) is 14.7 Å². The number of nitro groups is 2. The van der Waals surface area contributed by atoms with E-state index in [2.05, 4.69) is 0 Å². The van der Waals surface area contributed by atoms with Crippen molar-refractivity contribution in [2.75, 3.05) is 0 Å². The van der Waals surface area contributed by atoms with Crippen LogP contribution in [0.25, 0.3) is 0 Å². The van der Waals surface area contributed by atoms with E-state index in [0.29, 0.717) is 6.07 Å². The fraction of sp³-hybridized carbons (Fsp3) is 0.143. The molecule has 1 rings (SSSR count). The van der Waals surface area contributed by atoms with Crippen molar-refractivity contribution >= 4 is 42.7 Å². The normalized spacial score (nSPS) is 11.3. The van der Waals surface area contributed by atoms with Crippen molar-refractivity contribution in [2.24, 2.45) is 0 Å². The van der Waals surface area contributed by atoms with E-state index in [0.717, 1.165) is 6.92 Å². The molecule has 0 N–H and O–H groups in total. The summed E-state index contributed by atoms with van der Waals surface area (Å²) >= 11 is 5.50. The fourth-order valence-corrected chi connectivity index (χ4v) is 2.83. The standard InChI is InChI=1S/C7H4Cl2N2O6S/c1-3-5(18(9,16)17)2-4(10(12)13)6(8)7(3)11(14)15/h2H,1H3. The van der Waals surface area contributed by atoms with E-state index in [1.807, 2.05) is 0 Å². The lowest BCUT2D eigenvalue weighted by molar-refractivity contribution is -0.394. The van der Waals surface area contributed by atoms with Gasteiger partial charge in [-0.15, -0.1) is 0 Å². The van der Waals surface area contributed by atoms with Gasteiger partial charge in [0.25, 0.3) is 20.4 Å². The lowest BCUT2D eigenvalue weighted by Gasteiger charge is -2.05. The van der Waals surface area contributed by atoms with Gasteiger partial charge in [0.15, 0.2) is 5.02 Å². The Kier molecular flexibility index (Phi) is 3.79. The minimum Gasteiger partial charge on any atom is -0.258 e. The third-order valence-electron chi connectivity index (χ3n) is 2.07. The molecule has 0 bridgehead atoms. The Labute approximate surface area is 110 Å². The Balaban J connectivity index is 3.90. The highest BCUT2D eigenvalue weighted by Crippen LogP contribution is 2.40. The summed E-state index contributed by atoms with van der Waals surface area (Å²) in [5.41, 5.74) is -2.11. The first-order chi connectivity index (χ1) is 8.07. The fourth-order valence-electron chi connectivity index (χ4n) is 1.30. The average molecular weight is 315 g/mol. The third-order valence-corrected chi connectivity index (χ3v) is 3.89. The first-order valence-electron chi connectivity index (χ1n) is 4.14. The van der Waals surface area contributed by atoms with E-state index in [9.17, 15) is 28.6 Å². The first-order valence-corrected chi connectivity index (χ1v) is 6.82. The second-order valence-electron chi connectivity index (χ2n) is 3.13. The Morgan fingerprint density at radius 3 is 2.06 bits per heavy atom. The summed E-state index contributed by atoms with van der Waals surface area (Å²) in [6, 6.07) is 0.590. The van der Waals surface area contributed by atoms with Crippen LogP contribution in [0.5, 0.6) is 0 Å². The average Bonchev–Trinajstić information content (AvgIpc) is 2.13. The van der Waals surface area contributed by atoms with Crippen LogP contribution in [0.4, 0.5) is 11.4 Å². The molecule has 11 heteroatoms. The summed E-state index contributed by atoms with van der Waals surface area (Å²) in [5.74, 6) is 0. The molecule has 0 atom stereocenters. The molecule has 0 heterocycles. The highest BCUT2D eigenvalue weighted by atomic mass is 35.7. The van der Waals surface area contributed by atoms with Crippen LogP contribution in [0.2, 0.25) is 5.02 Å². The molecule has 0 amide bonds. The number of halogens is 2. The molecule has 0 unspecified atom stereocenters.